The predicted octanol–water partition coefficient (Wildman–Crippen LogP) is 3.93. The summed E-state index contributed by atoms with van der Waals surface area (Å²) in [7, 11) is 0. The maximum atomic E-state index is 6.25. The van der Waals surface area contributed by atoms with E-state index in [9.17, 15) is 0 Å². The van der Waals surface area contributed by atoms with Gasteiger partial charge in [-0.15, -0.1) is 11.8 Å². The zero-order valence-electron chi connectivity index (χ0n) is 10.9. The molecule has 2 aromatic rings. The Bertz CT molecular complexity index is 567. The molecule has 3 rings (SSSR count). The summed E-state index contributed by atoms with van der Waals surface area (Å²) < 4.78 is 6.08. The summed E-state index contributed by atoms with van der Waals surface area (Å²) >= 11 is 1.75. The number of para-hydroxylation sites is 1. The Balaban J connectivity index is 1.87. The third-order valence-electron chi connectivity index (χ3n) is 3.54. The number of ether oxygens (including phenoxy) is 1. The van der Waals surface area contributed by atoms with Gasteiger partial charge in [0, 0.05) is 22.9 Å². The lowest BCUT2D eigenvalue weighted by Crippen LogP contribution is -2.23. The van der Waals surface area contributed by atoms with Gasteiger partial charge in [-0.1, -0.05) is 30.3 Å². The third-order valence-corrected chi connectivity index (χ3v) is 4.29. The summed E-state index contributed by atoms with van der Waals surface area (Å²) in [6.45, 7) is 0. The van der Waals surface area contributed by atoms with Crippen molar-refractivity contribution in [2.24, 2.45) is 5.73 Å². The second kappa shape index (κ2) is 5.27. The monoisotopic (exact) mass is 271 g/mol. The minimum atomic E-state index is 0.0511. The molecule has 2 unspecified atom stereocenters. The van der Waals surface area contributed by atoms with Crippen LogP contribution >= 0.6 is 11.8 Å². The highest BCUT2D eigenvalue weighted by atomic mass is 32.2. The lowest BCUT2D eigenvalue weighted by molar-refractivity contribution is 0.161. The van der Waals surface area contributed by atoms with E-state index >= 15 is 0 Å². The lowest BCUT2D eigenvalue weighted by Gasteiger charge is -2.30. The number of hydrogen-bond donors (Lipinski definition) is 1. The maximum Gasteiger partial charge on any atom is 0.126 e. The van der Waals surface area contributed by atoms with E-state index < -0.39 is 0 Å². The van der Waals surface area contributed by atoms with Crippen LogP contribution in [0.15, 0.2) is 53.4 Å². The molecule has 1 aliphatic rings. The van der Waals surface area contributed by atoms with E-state index in [1.165, 1.54) is 10.5 Å². The van der Waals surface area contributed by atoms with Crippen LogP contribution in [-0.4, -0.2) is 6.26 Å². The van der Waals surface area contributed by atoms with Crippen LogP contribution < -0.4 is 10.5 Å². The SMILES string of the molecule is CSc1ccc(C2CC(N)c3ccccc3O2)cc1. The fraction of sp³-hybridized carbons (Fsp3) is 0.250. The molecule has 3 heteroatoms. The Morgan fingerprint density at radius 1 is 1.11 bits per heavy atom. The standard InChI is InChI=1S/C16H17NOS/c1-19-12-8-6-11(7-9-12)16-10-14(17)13-4-2-3-5-15(13)18-16/h2-9,14,16H,10,17H2,1H3. The maximum absolute atomic E-state index is 6.25. The van der Waals surface area contributed by atoms with Crippen molar-refractivity contribution in [2.45, 2.75) is 23.5 Å². The first kappa shape index (κ1) is 12.6. The number of fused-ring (bicyclic) bond motifs is 1. The molecule has 2 aromatic carbocycles. The van der Waals surface area contributed by atoms with Gasteiger partial charge in [0.05, 0.1) is 0 Å². The van der Waals surface area contributed by atoms with Gasteiger partial charge in [0.25, 0.3) is 0 Å². The number of nitrogens with two attached hydrogens (primary N) is 1. The van der Waals surface area contributed by atoms with Crippen molar-refractivity contribution in [1.29, 1.82) is 0 Å². The molecule has 0 amide bonds. The van der Waals surface area contributed by atoms with Crippen molar-refractivity contribution in [3.8, 4) is 5.75 Å². The normalized spacial score (nSPS) is 21.6. The molecular formula is C16H17NOS. The lowest BCUT2D eigenvalue weighted by atomic mass is 9.94. The molecule has 2 nitrogen and oxygen atoms in total. The van der Waals surface area contributed by atoms with Crippen molar-refractivity contribution in [1.82, 2.24) is 0 Å². The van der Waals surface area contributed by atoms with Crippen LogP contribution in [0.4, 0.5) is 0 Å². The molecule has 0 saturated carbocycles. The Morgan fingerprint density at radius 2 is 1.84 bits per heavy atom. The average molecular weight is 271 g/mol. The van der Waals surface area contributed by atoms with E-state index in [0.29, 0.717) is 0 Å². The number of hydrogen-bond acceptors (Lipinski definition) is 3. The highest BCUT2D eigenvalue weighted by molar-refractivity contribution is 7.98. The molecule has 0 fully saturated rings. The zero-order chi connectivity index (χ0) is 13.2. The Kier molecular flexibility index (Phi) is 3.49. The molecule has 1 heterocycles. The van der Waals surface area contributed by atoms with Gasteiger partial charge in [-0.05, 0) is 30.0 Å². The molecule has 2 N–H and O–H groups in total. The first-order valence-electron chi connectivity index (χ1n) is 6.43. The van der Waals surface area contributed by atoms with Crippen LogP contribution in [0.2, 0.25) is 0 Å². The first-order valence-corrected chi connectivity index (χ1v) is 7.65. The second-order valence-electron chi connectivity index (χ2n) is 4.76. The summed E-state index contributed by atoms with van der Waals surface area (Å²) in [5, 5.41) is 0. The summed E-state index contributed by atoms with van der Waals surface area (Å²) in [6, 6.07) is 16.6. The molecule has 98 valence electrons. The van der Waals surface area contributed by atoms with Crippen molar-refractivity contribution in [2.75, 3.05) is 6.26 Å². The van der Waals surface area contributed by atoms with Gasteiger partial charge in [0.15, 0.2) is 0 Å². The predicted molar refractivity (Wildman–Crippen MR) is 79.6 cm³/mol. The average Bonchev–Trinajstić information content (AvgIpc) is 2.47. The van der Waals surface area contributed by atoms with Gasteiger partial charge in [0.1, 0.15) is 11.9 Å². The Hall–Kier alpha value is -1.45. The molecule has 0 aliphatic carbocycles. The summed E-state index contributed by atoms with van der Waals surface area (Å²) in [6.07, 6.45) is 2.97. The first-order chi connectivity index (χ1) is 9.28. The van der Waals surface area contributed by atoms with Crippen LogP contribution in [0, 0.1) is 0 Å². The van der Waals surface area contributed by atoms with Gasteiger partial charge in [-0.2, -0.15) is 0 Å². The molecule has 19 heavy (non-hydrogen) atoms. The fourth-order valence-corrected chi connectivity index (χ4v) is 2.88. The van der Waals surface area contributed by atoms with Crippen LogP contribution in [0.3, 0.4) is 0 Å². The van der Waals surface area contributed by atoms with Crippen molar-refractivity contribution in [3.63, 3.8) is 0 Å². The van der Waals surface area contributed by atoms with Gasteiger partial charge < -0.3 is 10.5 Å². The molecule has 0 aromatic heterocycles. The largest absolute Gasteiger partial charge is 0.485 e. The van der Waals surface area contributed by atoms with Crippen LogP contribution in [0.5, 0.6) is 5.75 Å². The molecule has 0 radical (unpaired) electrons. The Labute approximate surface area is 118 Å². The van der Waals surface area contributed by atoms with Crippen molar-refractivity contribution >= 4 is 11.8 Å². The summed E-state index contributed by atoms with van der Waals surface area (Å²) in [5.74, 6) is 0.917. The van der Waals surface area contributed by atoms with E-state index in [-0.39, 0.29) is 12.1 Å². The van der Waals surface area contributed by atoms with Crippen LogP contribution in [-0.2, 0) is 0 Å². The van der Waals surface area contributed by atoms with Gasteiger partial charge >= 0.3 is 0 Å². The summed E-state index contributed by atoms with van der Waals surface area (Å²) in [4.78, 5) is 1.27. The quantitative estimate of drug-likeness (QED) is 0.840. The number of thioether (sulfide) groups is 1. The van der Waals surface area contributed by atoms with Gasteiger partial charge in [-0.3, -0.25) is 0 Å². The molecule has 2 atom stereocenters. The molecule has 0 spiro atoms. The van der Waals surface area contributed by atoms with E-state index in [1.807, 2.05) is 24.3 Å². The van der Waals surface area contributed by atoms with E-state index in [2.05, 4.69) is 30.5 Å². The summed E-state index contributed by atoms with van der Waals surface area (Å²) in [5.41, 5.74) is 8.55. The van der Waals surface area contributed by atoms with Gasteiger partial charge in [0.2, 0.25) is 0 Å². The second-order valence-corrected chi connectivity index (χ2v) is 5.64. The smallest absolute Gasteiger partial charge is 0.126 e. The number of rotatable bonds is 2. The van der Waals surface area contributed by atoms with E-state index in [1.54, 1.807) is 11.8 Å². The minimum absolute atomic E-state index is 0.0511. The molecule has 0 bridgehead atoms. The molecular weight excluding hydrogens is 254 g/mol. The van der Waals surface area contributed by atoms with Crippen LogP contribution in [0.1, 0.15) is 29.7 Å². The highest BCUT2D eigenvalue weighted by Crippen LogP contribution is 2.39. The third kappa shape index (κ3) is 2.48. The molecule has 1 aliphatic heterocycles. The molecule has 0 saturated heterocycles. The minimum Gasteiger partial charge on any atom is -0.485 e. The van der Waals surface area contributed by atoms with Crippen molar-refractivity contribution in [3.05, 3.63) is 59.7 Å². The van der Waals surface area contributed by atoms with Crippen LogP contribution in [0.25, 0.3) is 0 Å². The highest BCUT2D eigenvalue weighted by Gasteiger charge is 2.26. The Morgan fingerprint density at radius 3 is 2.58 bits per heavy atom. The van der Waals surface area contributed by atoms with Gasteiger partial charge in [-0.25, -0.2) is 0 Å². The zero-order valence-corrected chi connectivity index (χ0v) is 11.7. The van der Waals surface area contributed by atoms with E-state index in [4.69, 9.17) is 10.5 Å². The van der Waals surface area contributed by atoms with Crippen molar-refractivity contribution < 1.29 is 4.74 Å². The van der Waals surface area contributed by atoms with E-state index in [0.717, 1.165) is 17.7 Å². The number of benzene rings is 2. The fourth-order valence-electron chi connectivity index (χ4n) is 2.48. The topological polar surface area (TPSA) is 35.2 Å².